The number of piperidine rings is 1. The van der Waals surface area contributed by atoms with E-state index >= 15 is 0 Å². The lowest BCUT2D eigenvalue weighted by molar-refractivity contribution is -0.131. The number of hydrogen-bond acceptors (Lipinski definition) is 3. The Kier molecular flexibility index (Phi) is 4.29. The molecule has 1 aromatic rings. The summed E-state index contributed by atoms with van der Waals surface area (Å²) in [6, 6.07) is 1.36. The third-order valence-electron chi connectivity index (χ3n) is 5.10. The van der Waals surface area contributed by atoms with Crippen LogP contribution in [0.3, 0.4) is 0 Å². The van der Waals surface area contributed by atoms with E-state index < -0.39 is 0 Å². The number of likely N-dealkylation sites (tertiary alicyclic amines) is 1. The smallest absolute Gasteiger partial charge is 0.227 e. The molecule has 0 radical (unpaired) electrons. The summed E-state index contributed by atoms with van der Waals surface area (Å²) in [7, 11) is 1.92. The molecular weight excluding hydrogens is 264 g/mol. The fraction of sp³-hybridized carbons (Fsp3) is 0.750. The van der Waals surface area contributed by atoms with Gasteiger partial charge in [0.1, 0.15) is 0 Å². The van der Waals surface area contributed by atoms with Crippen LogP contribution in [0.4, 0.5) is 0 Å². The molecule has 0 aromatic carbocycles. The molecule has 3 rings (SSSR count). The number of nitrogens with one attached hydrogen (secondary N) is 1. The molecule has 2 heterocycles. The summed E-state index contributed by atoms with van der Waals surface area (Å²) in [6.07, 6.45) is 8.53. The Morgan fingerprint density at radius 1 is 1.29 bits per heavy atom. The first kappa shape index (κ1) is 14.6. The molecule has 1 N–H and O–H groups in total. The zero-order chi connectivity index (χ0) is 14.8. The third-order valence-corrected chi connectivity index (χ3v) is 5.10. The van der Waals surface area contributed by atoms with E-state index in [4.69, 9.17) is 0 Å². The Morgan fingerprint density at radius 3 is 2.48 bits per heavy atom. The van der Waals surface area contributed by atoms with Crippen molar-refractivity contribution in [1.82, 2.24) is 20.0 Å². The summed E-state index contributed by atoms with van der Waals surface area (Å²) in [5.41, 5.74) is 2.14. The lowest BCUT2D eigenvalue weighted by atomic mass is 9.91. The number of carbonyl (C=O) groups excluding carboxylic acids is 1. The van der Waals surface area contributed by atoms with Crippen LogP contribution in [-0.2, 0) is 18.3 Å². The van der Waals surface area contributed by atoms with Crippen LogP contribution in [-0.4, -0.2) is 45.8 Å². The second kappa shape index (κ2) is 6.18. The minimum Gasteiger partial charge on any atom is -0.342 e. The molecule has 1 saturated carbocycles. The average Bonchev–Trinajstić information content (AvgIpc) is 2.75. The molecule has 1 aromatic heterocycles. The Bertz CT molecular complexity index is 498. The first-order valence-corrected chi connectivity index (χ1v) is 8.15. The van der Waals surface area contributed by atoms with Crippen LogP contribution in [0.25, 0.3) is 0 Å². The average molecular weight is 290 g/mol. The maximum Gasteiger partial charge on any atom is 0.227 e. The van der Waals surface area contributed by atoms with Crippen molar-refractivity contribution in [3.8, 4) is 0 Å². The molecule has 0 unspecified atom stereocenters. The van der Waals surface area contributed by atoms with Gasteiger partial charge in [-0.15, -0.1) is 0 Å². The quantitative estimate of drug-likeness (QED) is 0.912. The Morgan fingerprint density at radius 2 is 1.95 bits per heavy atom. The van der Waals surface area contributed by atoms with E-state index in [1.165, 1.54) is 19.3 Å². The molecule has 116 valence electrons. The largest absolute Gasteiger partial charge is 0.342 e. The molecule has 0 spiro atoms. The Hall–Kier alpha value is -1.36. The lowest BCUT2D eigenvalue weighted by Gasteiger charge is -2.37. The van der Waals surface area contributed by atoms with Crippen LogP contribution in [0, 0.1) is 6.92 Å². The van der Waals surface area contributed by atoms with Crippen molar-refractivity contribution in [3.63, 3.8) is 0 Å². The van der Waals surface area contributed by atoms with Crippen LogP contribution in [0.1, 0.15) is 43.4 Å². The van der Waals surface area contributed by atoms with Gasteiger partial charge in [0.25, 0.3) is 0 Å². The van der Waals surface area contributed by atoms with E-state index in [2.05, 4.69) is 10.4 Å². The number of hydrogen-bond donors (Lipinski definition) is 1. The van der Waals surface area contributed by atoms with E-state index in [0.29, 0.717) is 12.5 Å². The number of carbonyl (C=O) groups is 1. The minimum absolute atomic E-state index is 0.244. The third kappa shape index (κ3) is 3.28. The topological polar surface area (TPSA) is 50.2 Å². The summed E-state index contributed by atoms with van der Waals surface area (Å²) in [4.78, 5) is 14.4. The molecule has 1 aliphatic heterocycles. The normalized spacial score (nSPS) is 20.6. The number of nitrogens with zero attached hydrogens (tertiary/aromatic N) is 3. The molecule has 21 heavy (non-hydrogen) atoms. The van der Waals surface area contributed by atoms with E-state index in [1.54, 1.807) is 0 Å². The minimum atomic E-state index is 0.244. The standard InChI is InChI=1S/C16H26N4O/c1-12-13(11-17-19(12)2)10-16(21)20-8-6-15(7-9-20)18-14-4-3-5-14/h11,14-15,18H,3-10H2,1-2H3. The first-order valence-electron chi connectivity index (χ1n) is 8.15. The van der Waals surface area contributed by atoms with Gasteiger partial charge in [0.05, 0.1) is 12.6 Å². The lowest BCUT2D eigenvalue weighted by Crippen LogP contribution is -2.49. The molecule has 2 fully saturated rings. The molecule has 0 bridgehead atoms. The van der Waals surface area contributed by atoms with E-state index in [-0.39, 0.29) is 5.91 Å². The molecular formula is C16H26N4O. The highest BCUT2D eigenvalue weighted by atomic mass is 16.2. The van der Waals surface area contributed by atoms with Gasteiger partial charge >= 0.3 is 0 Å². The zero-order valence-corrected chi connectivity index (χ0v) is 13.1. The fourth-order valence-electron chi connectivity index (χ4n) is 3.20. The van der Waals surface area contributed by atoms with E-state index in [1.807, 2.05) is 29.7 Å². The van der Waals surface area contributed by atoms with Gasteiger partial charge < -0.3 is 10.2 Å². The Labute approximate surface area is 126 Å². The summed E-state index contributed by atoms with van der Waals surface area (Å²) in [5, 5.41) is 7.94. The zero-order valence-electron chi connectivity index (χ0n) is 13.1. The number of aromatic nitrogens is 2. The van der Waals surface area contributed by atoms with Crippen molar-refractivity contribution in [2.75, 3.05) is 13.1 Å². The van der Waals surface area contributed by atoms with Crippen molar-refractivity contribution >= 4 is 5.91 Å². The molecule has 1 aliphatic carbocycles. The summed E-state index contributed by atoms with van der Waals surface area (Å²) < 4.78 is 1.83. The Balaban J connectivity index is 1.47. The highest BCUT2D eigenvalue weighted by Crippen LogP contribution is 2.21. The molecule has 0 atom stereocenters. The van der Waals surface area contributed by atoms with Crippen LogP contribution in [0.15, 0.2) is 6.20 Å². The van der Waals surface area contributed by atoms with Gasteiger partial charge in [-0.3, -0.25) is 9.48 Å². The van der Waals surface area contributed by atoms with Gasteiger partial charge in [0.2, 0.25) is 5.91 Å². The van der Waals surface area contributed by atoms with Gasteiger partial charge in [-0.05, 0) is 32.6 Å². The van der Waals surface area contributed by atoms with Crippen molar-refractivity contribution in [2.24, 2.45) is 7.05 Å². The molecule has 5 heteroatoms. The van der Waals surface area contributed by atoms with Gasteiger partial charge in [0, 0.05) is 43.5 Å². The highest BCUT2D eigenvalue weighted by Gasteiger charge is 2.26. The SMILES string of the molecule is Cc1c(CC(=O)N2CCC(NC3CCC3)CC2)cnn1C. The summed E-state index contributed by atoms with van der Waals surface area (Å²) in [5.74, 6) is 0.244. The fourth-order valence-corrected chi connectivity index (χ4v) is 3.20. The van der Waals surface area contributed by atoms with Crippen LogP contribution >= 0.6 is 0 Å². The molecule has 2 aliphatic rings. The number of amides is 1. The predicted octanol–water partition coefficient (Wildman–Crippen LogP) is 1.40. The maximum atomic E-state index is 12.4. The van der Waals surface area contributed by atoms with Gasteiger partial charge in [-0.25, -0.2) is 0 Å². The van der Waals surface area contributed by atoms with Crippen molar-refractivity contribution in [2.45, 2.75) is 57.5 Å². The predicted molar refractivity (Wildman–Crippen MR) is 82.0 cm³/mol. The summed E-state index contributed by atoms with van der Waals surface area (Å²) in [6.45, 7) is 3.80. The van der Waals surface area contributed by atoms with Crippen LogP contribution in [0.2, 0.25) is 0 Å². The van der Waals surface area contributed by atoms with Gasteiger partial charge in [-0.2, -0.15) is 5.10 Å². The second-order valence-electron chi connectivity index (χ2n) is 6.51. The second-order valence-corrected chi connectivity index (χ2v) is 6.51. The van der Waals surface area contributed by atoms with Crippen molar-refractivity contribution in [1.29, 1.82) is 0 Å². The molecule has 1 saturated heterocycles. The van der Waals surface area contributed by atoms with Crippen molar-refractivity contribution in [3.05, 3.63) is 17.5 Å². The van der Waals surface area contributed by atoms with E-state index in [0.717, 1.165) is 43.2 Å². The maximum absolute atomic E-state index is 12.4. The summed E-state index contributed by atoms with van der Waals surface area (Å²) >= 11 is 0. The van der Waals surface area contributed by atoms with E-state index in [9.17, 15) is 4.79 Å². The highest BCUT2D eigenvalue weighted by molar-refractivity contribution is 5.79. The monoisotopic (exact) mass is 290 g/mol. The van der Waals surface area contributed by atoms with Gasteiger partial charge in [0.15, 0.2) is 0 Å². The van der Waals surface area contributed by atoms with Crippen LogP contribution in [0.5, 0.6) is 0 Å². The van der Waals surface area contributed by atoms with Crippen LogP contribution < -0.4 is 5.32 Å². The first-order chi connectivity index (χ1) is 10.1. The molecule has 1 amide bonds. The van der Waals surface area contributed by atoms with Gasteiger partial charge in [-0.1, -0.05) is 6.42 Å². The number of aryl methyl sites for hydroxylation is 1. The number of rotatable bonds is 4. The van der Waals surface area contributed by atoms with Crippen molar-refractivity contribution < 1.29 is 4.79 Å². The molecule has 5 nitrogen and oxygen atoms in total.